The number of pyridine rings is 1. The van der Waals surface area contributed by atoms with Gasteiger partial charge in [0, 0.05) is 11.1 Å². The molecule has 32 heavy (non-hydrogen) atoms. The summed E-state index contributed by atoms with van der Waals surface area (Å²) in [7, 11) is 1.39. The first-order chi connectivity index (χ1) is 15.6. The second-order valence-corrected chi connectivity index (χ2v) is 8.52. The minimum atomic E-state index is -0.449. The molecule has 0 aliphatic heterocycles. The van der Waals surface area contributed by atoms with Crippen molar-refractivity contribution in [3.63, 3.8) is 0 Å². The van der Waals surface area contributed by atoms with Gasteiger partial charge in [0.25, 0.3) is 0 Å². The number of aryl methyl sites for hydroxylation is 2. The monoisotopic (exact) mass is 443 g/mol. The summed E-state index contributed by atoms with van der Waals surface area (Å²) in [5.74, 6) is 0.757. The van der Waals surface area contributed by atoms with Crippen LogP contribution in [0, 0.1) is 13.8 Å². The molecule has 0 saturated heterocycles. The van der Waals surface area contributed by atoms with Crippen LogP contribution in [0.1, 0.15) is 32.6 Å². The van der Waals surface area contributed by atoms with Crippen molar-refractivity contribution in [2.45, 2.75) is 31.2 Å². The first-order valence-corrected chi connectivity index (χ1v) is 11.4. The predicted octanol–water partition coefficient (Wildman–Crippen LogP) is 6.51. The summed E-state index contributed by atoms with van der Waals surface area (Å²) in [5, 5.41) is 1.40. The van der Waals surface area contributed by atoms with E-state index in [1.165, 1.54) is 30.0 Å². The molecular weight excluding hydrogens is 418 g/mol. The van der Waals surface area contributed by atoms with Gasteiger partial charge in [-0.2, -0.15) is 0 Å². The summed E-state index contributed by atoms with van der Waals surface area (Å²) in [6.45, 7) is 4.49. The highest BCUT2D eigenvalue weighted by molar-refractivity contribution is 7.98. The maximum Gasteiger partial charge on any atom is 0.344 e. The molecule has 4 nitrogen and oxygen atoms in total. The molecular formula is C27H25NO3S. The topological polar surface area (TPSA) is 48.4 Å². The van der Waals surface area contributed by atoms with Crippen LogP contribution in [0.4, 0.5) is 0 Å². The van der Waals surface area contributed by atoms with Crippen LogP contribution in [0.2, 0.25) is 0 Å². The number of ether oxygens (including phenoxy) is 2. The van der Waals surface area contributed by atoms with E-state index in [4.69, 9.17) is 14.5 Å². The van der Waals surface area contributed by atoms with Crippen molar-refractivity contribution in [2.24, 2.45) is 0 Å². The van der Waals surface area contributed by atoms with Crippen molar-refractivity contribution in [1.82, 2.24) is 4.98 Å². The number of esters is 1. The highest BCUT2D eigenvalue weighted by atomic mass is 32.2. The Morgan fingerprint density at radius 2 is 1.50 bits per heavy atom. The third-order valence-corrected chi connectivity index (χ3v) is 6.48. The van der Waals surface area contributed by atoms with Gasteiger partial charge in [0.2, 0.25) is 0 Å². The van der Waals surface area contributed by atoms with Gasteiger partial charge in [-0.05, 0) is 48.2 Å². The summed E-state index contributed by atoms with van der Waals surface area (Å²) < 4.78 is 11.4. The molecule has 4 rings (SSSR count). The minimum Gasteiger partial charge on any atom is -0.487 e. The van der Waals surface area contributed by atoms with E-state index in [0.29, 0.717) is 28.7 Å². The van der Waals surface area contributed by atoms with Gasteiger partial charge < -0.3 is 9.47 Å². The molecule has 0 unspecified atom stereocenters. The smallest absolute Gasteiger partial charge is 0.344 e. The molecule has 0 radical (unpaired) electrons. The van der Waals surface area contributed by atoms with E-state index in [0.717, 1.165) is 22.0 Å². The van der Waals surface area contributed by atoms with E-state index in [1.54, 1.807) is 0 Å². The van der Waals surface area contributed by atoms with Gasteiger partial charge in [0.05, 0.1) is 12.6 Å². The normalized spacial score (nSPS) is 10.8. The molecule has 0 N–H and O–H groups in total. The number of aromatic nitrogens is 1. The molecule has 1 heterocycles. The Balaban J connectivity index is 1.78. The van der Waals surface area contributed by atoms with Crippen LogP contribution in [0.15, 0.2) is 77.8 Å². The van der Waals surface area contributed by atoms with E-state index in [-0.39, 0.29) is 0 Å². The van der Waals surface area contributed by atoms with Crippen LogP contribution in [0.5, 0.6) is 5.75 Å². The van der Waals surface area contributed by atoms with Gasteiger partial charge in [-0.15, -0.1) is 11.8 Å². The zero-order valence-electron chi connectivity index (χ0n) is 18.4. The lowest BCUT2D eigenvalue weighted by molar-refractivity contribution is 0.0590. The summed E-state index contributed by atoms with van der Waals surface area (Å²) >= 11 is 1.52. The van der Waals surface area contributed by atoms with Crippen LogP contribution in [0.25, 0.3) is 10.9 Å². The van der Waals surface area contributed by atoms with Gasteiger partial charge in [-0.25, -0.2) is 9.78 Å². The number of para-hydroxylation sites is 1. The minimum absolute atomic E-state index is 0.354. The second-order valence-electron chi connectivity index (χ2n) is 7.56. The molecule has 1 aromatic heterocycles. The highest BCUT2D eigenvalue weighted by Crippen LogP contribution is 2.37. The Hall–Kier alpha value is -3.31. The first kappa shape index (κ1) is 21.9. The van der Waals surface area contributed by atoms with Gasteiger partial charge in [-0.1, -0.05) is 60.7 Å². The number of nitrogens with zero attached hydrogens (tertiary/aromatic N) is 1. The quantitative estimate of drug-likeness (QED) is 0.241. The Bertz CT molecular complexity index is 1270. The number of rotatable bonds is 7. The van der Waals surface area contributed by atoms with Crippen LogP contribution < -0.4 is 4.74 Å². The highest BCUT2D eigenvalue weighted by Gasteiger charge is 2.24. The standard InChI is InChI=1S/C27H25NO3S/c1-18-10-4-6-12-20(18)16-31-25-22-14-8-9-15-23(22)28-26(24(25)27(29)30-3)32-17-21-13-7-5-11-19(21)2/h4-15H,16-17H2,1-3H3. The van der Waals surface area contributed by atoms with Crippen molar-refractivity contribution < 1.29 is 14.3 Å². The number of carbonyl (C=O) groups is 1. The second kappa shape index (κ2) is 9.88. The molecule has 0 aliphatic carbocycles. The largest absolute Gasteiger partial charge is 0.487 e. The van der Waals surface area contributed by atoms with Gasteiger partial charge in [-0.3, -0.25) is 0 Å². The fourth-order valence-corrected chi connectivity index (χ4v) is 4.64. The van der Waals surface area contributed by atoms with Crippen LogP contribution in [-0.4, -0.2) is 18.1 Å². The van der Waals surface area contributed by atoms with Crippen molar-refractivity contribution in [3.05, 3.63) is 101 Å². The van der Waals surface area contributed by atoms with Crippen molar-refractivity contribution >= 4 is 28.6 Å². The zero-order chi connectivity index (χ0) is 22.5. The summed E-state index contributed by atoms with van der Waals surface area (Å²) in [5.41, 5.74) is 5.77. The maximum atomic E-state index is 12.9. The predicted molar refractivity (Wildman–Crippen MR) is 129 cm³/mol. The van der Waals surface area contributed by atoms with E-state index < -0.39 is 5.97 Å². The number of benzene rings is 3. The average Bonchev–Trinajstić information content (AvgIpc) is 2.82. The number of thioether (sulfide) groups is 1. The number of hydrogen-bond donors (Lipinski definition) is 0. The molecule has 0 amide bonds. The molecule has 3 aromatic carbocycles. The lowest BCUT2D eigenvalue weighted by Crippen LogP contribution is -2.10. The number of carbonyl (C=O) groups excluding carboxylic acids is 1. The number of hydrogen-bond acceptors (Lipinski definition) is 5. The van der Waals surface area contributed by atoms with Crippen LogP contribution in [0.3, 0.4) is 0 Å². The van der Waals surface area contributed by atoms with Crippen molar-refractivity contribution in [3.8, 4) is 5.75 Å². The van der Waals surface area contributed by atoms with Gasteiger partial charge >= 0.3 is 5.97 Å². The molecule has 0 aliphatic rings. The molecule has 5 heteroatoms. The SMILES string of the molecule is COC(=O)c1c(SCc2ccccc2C)nc2ccccc2c1OCc1ccccc1C. The van der Waals surface area contributed by atoms with E-state index in [1.807, 2.05) is 67.6 Å². The third-order valence-electron chi connectivity index (χ3n) is 5.46. The summed E-state index contributed by atoms with van der Waals surface area (Å²) in [6, 6.07) is 24.0. The molecule has 0 bridgehead atoms. The van der Waals surface area contributed by atoms with Crippen molar-refractivity contribution in [2.75, 3.05) is 7.11 Å². The number of methoxy groups -OCH3 is 1. The Kier molecular flexibility index (Phi) is 6.76. The Morgan fingerprint density at radius 1 is 0.875 bits per heavy atom. The van der Waals surface area contributed by atoms with Gasteiger partial charge in [0.15, 0.2) is 0 Å². The van der Waals surface area contributed by atoms with E-state index in [2.05, 4.69) is 19.1 Å². The zero-order valence-corrected chi connectivity index (χ0v) is 19.2. The summed E-state index contributed by atoms with van der Waals surface area (Å²) in [6.07, 6.45) is 0. The van der Waals surface area contributed by atoms with Crippen molar-refractivity contribution in [1.29, 1.82) is 0 Å². The molecule has 0 atom stereocenters. The van der Waals surface area contributed by atoms with Gasteiger partial charge in [0.1, 0.15) is 22.9 Å². The van der Waals surface area contributed by atoms with E-state index in [9.17, 15) is 4.79 Å². The van der Waals surface area contributed by atoms with E-state index >= 15 is 0 Å². The fraction of sp³-hybridized carbons (Fsp3) is 0.185. The molecule has 162 valence electrons. The fourth-order valence-electron chi connectivity index (χ4n) is 3.54. The lowest BCUT2D eigenvalue weighted by Gasteiger charge is -2.17. The average molecular weight is 444 g/mol. The third kappa shape index (κ3) is 4.63. The molecule has 0 fully saturated rings. The summed E-state index contributed by atoms with van der Waals surface area (Å²) in [4.78, 5) is 17.7. The first-order valence-electron chi connectivity index (χ1n) is 10.4. The lowest BCUT2D eigenvalue weighted by atomic mass is 10.1. The maximum absolute atomic E-state index is 12.9. The Morgan fingerprint density at radius 3 is 2.19 bits per heavy atom. The number of fused-ring (bicyclic) bond motifs is 1. The molecule has 4 aromatic rings. The molecule has 0 saturated carbocycles. The Labute approximate surface area is 192 Å². The van der Waals surface area contributed by atoms with Crippen LogP contribution >= 0.6 is 11.8 Å². The van der Waals surface area contributed by atoms with Crippen LogP contribution in [-0.2, 0) is 17.1 Å². The molecule has 0 spiro atoms.